The van der Waals surface area contributed by atoms with E-state index in [2.05, 4.69) is 5.32 Å². The minimum atomic E-state index is -0.301. The van der Waals surface area contributed by atoms with E-state index in [4.69, 9.17) is 23.2 Å². The van der Waals surface area contributed by atoms with Gasteiger partial charge in [-0.15, -0.1) is 11.8 Å². The molecule has 0 saturated heterocycles. The van der Waals surface area contributed by atoms with Gasteiger partial charge in [0.25, 0.3) is 0 Å². The summed E-state index contributed by atoms with van der Waals surface area (Å²) in [5.41, 5.74) is 0.476. The molecule has 0 aromatic heterocycles. The zero-order chi connectivity index (χ0) is 14.5. The van der Waals surface area contributed by atoms with Gasteiger partial charge in [-0.05, 0) is 36.4 Å². The second-order valence-corrected chi connectivity index (χ2v) is 5.73. The van der Waals surface area contributed by atoms with Crippen LogP contribution in [0.4, 0.5) is 10.1 Å². The van der Waals surface area contributed by atoms with Crippen LogP contribution < -0.4 is 5.32 Å². The fourth-order valence-electron chi connectivity index (χ4n) is 1.47. The molecular weight excluding hydrogens is 320 g/mol. The monoisotopic (exact) mass is 329 g/mol. The highest BCUT2D eigenvalue weighted by Crippen LogP contribution is 2.29. The van der Waals surface area contributed by atoms with Gasteiger partial charge in [0, 0.05) is 4.90 Å². The summed E-state index contributed by atoms with van der Waals surface area (Å²) in [5, 5.41) is 3.38. The van der Waals surface area contributed by atoms with Crippen LogP contribution in [0.15, 0.2) is 47.4 Å². The van der Waals surface area contributed by atoms with Crippen LogP contribution in [-0.4, -0.2) is 11.7 Å². The Kier molecular flexibility index (Phi) is 5.29. The van der Waals surface area contributed by atoms with Crippen LogP contribution in [0.2, 0.25) is 10.0 Å². The third-order valence-corrected chi connectivity index (χ3v) is 4.24. The average Bonchev–Trinajstić information content (AvgIpc) is 2.43. The van der Waals surface area contributed by atoms with Crippen LogP contribution in [0.25, 0.3) is 0 Å². The molecule has 2 aromatic rings. The second-order valence-electron chi connectivity index (χ2n) is 3.89. The summed E-state index contributed by atoms with van der Waals surface area (Å²) in [6.45, 7) is 0. The number of hydrogen-bond donors (Lipinski definition) is 1. The number of rotatable bonds is 4. The lowest BCUT2D eigenvalue weighted by Gasteiger charge is -2.08. The summed E-state index contributed by atoms with van der Waals surface area (Å²) < 4.78 is 12.7. The number of amides is 1. The zero-order valence-electron chi connectivity index (χ0n) is 10.2. The van der Waals surface area contributed by atoms with E-state index in [1.165, 1.54) is 23.9 Å². The highest BCUT2D eigenvalue weighted by Gasteiger charge is 2.08. The van der Waals surface area contributed by atoms with E-state index in [9.17, 15) is 9.18 Å². The van der Waals surface area contributed by atoms with Crippen molar-refractivity contribution in [2.24, 2.45) is 0 Å². The molecule has 0 aliphatic rings. The number of anilines is 1. The molecule has 1 amide bonds. The molecule has 0 saturated carbocycles. The molecule has 2 rings (SSSR count). The van der Waals surface area contributed by atoms with Crippen molar-refractivity contribution in [3.63, 3.8) is 0 Å². The first kappa shape index (κ1) is 15.2. The van der Waals surface area contributed by atoms with Gasteiger partial charge in [-0.3, -0.25) is 4.79 Å². The van der Waals surface area contributed by atoms with Gasteiger partial charge < -0.3 is 5.32 Å². The van der Waals surface area contributed by atoms with Crippen LogP contribution in [0.1, 0.15) is 0 Å². The molecule has 0 aliphatic carbocycles. The van der Waals surface area contributed by atoms with Crippen LogP contribution >= 0.6 is 35.0 Å². The molecule has 0 fully saturated rings. The van der Waals surface area contributed by atoms with Crippen LogP contribution in [-0.2, 0) is 4.79 Å². The Balaban J connectivity index is 1.92. The third-order valence-electron chi connectivity index (χ3n) is 2.41. The topological polar surface area (TPSA) is 29.1 Å². The van der Waals surface area contributed by atoms with Gasteiger partial charge in [-0.2, -0.15) is 0 Å². The van der Waals surface area contributed by atoms with E-state index in [-0.39, 0.29) is 17.5 Å². The average molecular weight is 330 g/mol. The van der Waals surface area contributed by atoms with Gasteiger partial charge in [-0.1, -0.05) is 29.3 Å². The van der Waals surface area contributed by atoms with Gasteiger partial charge in [0.2, 0.25) is 5.91 Å². The molecule has 0 aliphatic heterocycles. The summed E-state index contributed by atoms with van der Waals surface area (Å²) >= 11 is 13.1. The molecule has 6 heteroatoms. The Morgan fingerprint density at radius 3 is 2.55 bits per heavy atom. The largest absolute Gasteiger partial charge is 0.324 e. The van der Waals surface area contributed by atoms with Gasteiger partial charge in [0.15, 0.2) is 0 Å². The quantitative estimate of drug-likeness (QED) is 0.811. The highest BCUT2D eigenvalue weighted by molar-refractivity contribution is 8.00. The predicted octanol–water partition coefficient (Wildman–Crippen LogP) is 4.86. The van der Waals surface area contributed by atoms with Crippen molar-refractivity contribution < 1.29 is 9.18 Å². The van der Waals surface area contributed by atoms with Crippen LogP contribution in [0, 0.1) is 5.82 Å². The molecule has 20 heavy (non-hydrogen) atoms. The van der Waals surface area contributed by atoms with Crippen molar-refractivity contribution in [3.05, 3.63) is 58.3 Å². The maximum absolute atomic E-state index is 12.7. The number of carbonyl (C=O) groups excluding carboxylic acids is 1. The number of benzene rings is 2. The van der Waals surface area contributed by atoms with Crippen molar-refractivity contribution in [2.45, 2.75) is 4.90 Å². The van der Waals surface area contributed by atoms with E-state index in [0.29, 0.717) is 15.7 Å². The van der Waals surface area contributed by atoms with Gasteiger partial charge in [0.1, 0.15) is 5.82 Å². The summed E-state index contributed by atoms with van der Waals surface area (Å²) in [4.78, 5) is 12.6. The molecule has 0 radical (unpaired) electrons. The molecular formula is C14H10Cl2FNOS. The van der Waals surface area contributed by atoms with Crippen molar-refractivity contribution in [1.82, 2.24) is 0 Å². The zero-order valence-corrected chi connectivity index (χ0v) is 12.5. The molecule has 2 aromatic carbocycles. The molecule has 0 spiro atoms. The molecule has 0 heterocycles. The lowest BCUT2D eigenvalue weighted by molar-refractivity contribution is -0.113. The number of thioether (sulfide) groups is 1. The first-order chi connectivity index (χ1) is 9.56. The summed E-state index contributed by atoms with van der Waals surface area (Å²) in [6, 6.07) is 11.0. The highest BCUT2D eigenvalue weighted by atomic mass is 35.5. The fourth-order valence-corrected chi connectivity index (χ4v) is 2.51. The van der Waals surface area contributed by atoms with Gasteiger partial charge >= 0.3 is 0 Å². The second kappa shape index (κ2) is 6.97. The Morgan fingerprint density at radius 2 is 1.85 bits per heavy atom. The molecule has 2 nitrogen and oxygen atoms in total. The Bertz CT molecular complexity index is 619. The van der Waals surface area contributed by atoms with E-state index in [1.807, 2.05) is 0 Å². The number of nitrogens with one attached hydrogen (secondary N) is 1. The molecule has 0 bridgehead atoms. The van der Waals surface area contributed by atoms with E-state index < -0.39 is 0 Å². The van der Waals surface area contributed by atoms with Crippen molar-refractivity contribution in [2.75, 3.05) is 11.1 Å². The van der Waals surface area contributed by atoms with Crippen molar-refractivity contribution >= 4 is 46.6 Å². The number of halogens is 3. The molecule has 104 valence electrons. The van der Waals surface area contributed by atoms with Gasteiger partial charge in [0.05, 0.1) is 21.5 Å². The SMILES string of the molecule is O=C(CSc1ccc(F)cc1)Nc1cccc(Cl)c1Cl. The minimum absolute atomic E-state index is 0.203. The third kappa shape index (κ3) is 4.13. The smallest absolute Gasteiger partial charge is 0.234 e. The number of hydrogen-bond acceptors (Lipinski definition) is 2. The van der Waals surface area contributed by atoms with E-state index in [1.54, 1.807) is 30.3 Å². The van der Waals surface area contributed by atoms with Gasteiger partial charge in [-0.25, -0.2) is 4.39 Å². The summed E-state index contributed by atoms with van der Waals surface area (Å²) in [7, 11) is 0. The summed E-state index contributed by atoms with van der Waals surface area (Å²) in [5.74, 6) is -0.304. The van der Waals surface area contributed by atoms with Crippen LogP contribution in [0.5, 0.6) is 0 Å². The normalized spacial score (nSPS) is 10.3. The number of carbonyl (C=O) groups is 1. The Labute approximate surface area is 130 Å². The predicted molar refractivity (Wildman–Crippen MR) is 82.2 cm³/mol. The first-order valence-electron chi connectivity index (χ1n) is 5.68. The van der Waals surface area contributed by atoms with Crippen molar-refractivity contribution in [1.29, 1.82) is 0 Å². The molecule has 1 N–H and O–H groups in total. The Hall–Kier alpha value is -1.23. The van der Waals surface area contributed by atoms with Crippen LogP contribution in [0.3, 0.4) is 0 Å². The summed E-state index contributed by atoms with van der Waals surface area (Å²) in [6.07, 6.45) is 0. The lowest BCUT2D eigenvalue weighted by Crippen LogP contribution is -2.14. The Morgan fingerprint density at radius 1 is 1.15 bits per heavy atom. The van der Waals surface area contributed by atoms with E-state index >= 15 is 0 Å². The lowest BCUT2D eigenvalue weighted by atomic mass is 10.3. The molecule has 0 unspecified atom stereocenters. The minimum Gasteiger partial charge on any atom is -0.324 e. The fraction of sp³-hybridized carbons (Fsp3) is 0.0714. The molecule has 0 atom stereocenters. The van der Waals surface area contributed by atoms with Crippen molar-refractivity contribution in [3.8, 4) is 0 Å². The maximum Gasteiger partial charge on any atom is 0.234 e. The maximum atomic E-state index is 12.7. The first-order valence-corrected chi connectivity index (χ1v) is 7.42. The van der Waals surface area contributed by atoms with E-state index in [0.717, 1.165) is 4.90 Å². The standard InChI is InChI=1S/C14H10Cl2FNOS/c15-11-2-1-3-12(14(11)16)18-13(19)8-20-10-6-4-9(17)5-7-10/h1-7H,8H2,(H,18,19).